The minimum absolute atomic E-state index is 0.0657. The van der Waals surface area contributed by atoms with E-state index in [-0.39, 0.29) is 5.96 Å². The molecule has 0 radical (unpaired) electrons. The molecule has 0 unspecified atom stereocenters. The molecule has 0 aliphatic carbocycles. The summed E-state index contributed by atoms with van der Waals surface area (Å²) < 4.78 is 0. The van der Waals surface area contributed by atoms with Crippen LogP contribution in [0.3, 0.4) is 0 Å². The van der Waals surface area contributed by atoms with E-state index in [4.69, 9.17) is 28.9 Å². The highest BCUT2D eigenvalue weighted by molar-refractivity contribution is 6.38. The van der Waals surface area contributed by atoms with Crippen LogP contribution in [-0.4, -0.2) is 18.5 Å². The quantitative estimate of drug-likeness (QED) is 0.454. The Kier molecular flexibility index (Phi) is 6.45. The number of carbonyl (C=O) groups excluding carboxylic acids is 1. The van der Waals surface area contributed by atoms with Crippen molar-refractivity contribution >= 4 is 40.9 Å². The lowest BCUT2D eigenvalue weighted by Gasteiger charge is -2.07. The minimum atomic E-state index is -0.405. The minimum Gasteiger partial charge on any atom is -0.369 e. The third-order valence-corrected chi connectivity index (χ3v) is 2.84. The highest BCUT2D eigenvalue weighted by Gasteiger charge is 2.06. The third kappa shape index (κ3) is 5.36. The first-order valence-corrected chi connectivity index (χ1v) is 6.63. The fraction of sp³-hybridized carbons (Fsp3) is 0.333. The van der Waals surface area contributed by atoms with Crippen molar-refractivity contribution in [2.24, 2.45) is 10.7 Å². The number of para-hydroxylation sites is 1. The molecule has 2 amide bonds. The second kappa shape index (κ2) is 7.86. The van der Waals surface area contributed by atoms with Crippen LogP contribution < -0.4 is 16.4 Å². The fourth-order valence-electron chi connectivity index (χ4n) is 1.28. The van der Waals surface area contributed by atoms with E-state index >= 15 is 0 Å². The summed E-state index contributed by atoms with van der Waals surface area (Å²) in [5.41, 5.74) is 5.94. The normalized spacial score (nSPS) is 11.2. The Labute approximate surface area is 122 Å². The van der Waals surface area contributed by atoms with E-state index in [1.165, 1.54) is 0 Å². The highest BCUT2D eigenvalue weighted by Crippen LogP contribution is 2.32. The Bertz CT molecular complexity index is 457. The van der Waals surface area contributed by atoms with Crippen LogP contribution in [0.4, 0.5) is 10.5 Å². The van der Waals surface area contributed by atoms with Gasteiger partial charge in [-0.2, -0.15) is 0 Å². The molecule has 0 spiro atoms. The number of urea groups is 1. The van der Waals surface area contributed by atoms with Crippen LogP contribution in [0, 0.1) is 0 Å². The Morgan fingerprint density at radius 3 is 2.58 bits per heavy atom. The molecule has 0 fully saturated rings. The van der Waals surface area contributed by atoms with Crippen LogP contribution in [0.5, 0.6) is 0 Å². The molecule has 0 saturated heterocycles. The van der Waals surface area contributed by atoms with Gasteiger partial charge in [0.25, 0.3) is 0 Å². The van der Waals surface area contributed by atoms with E-state index in [1.807, 2.05) is 6.92 Å². The number of hydrogen-bond donors (Lipinski definition) is 3. The molecule has 1 aromatic rings. The highest BCUT2D eigenvalue weighted by atomic mass is 35.5. The molecule has 0 saturated carbocycles. The van der Waals surface area contributed by atoms with Gasteiger partial charge in [0.2, 0.25) is 5.96 Å². The summed E-state index contributed by atoms with van der Waals surface area (Å²) in [6, 6.07) is 4.57. The molecule has 0 heterocycles. The second-order valence-electron chi connectivity index (χ2n) is 3.80. The van der Waals surface area contributed by atoms with Gasteiger partial charge < -0.3 is 11.1 Å². The van der Waals surface area contributed by atoms with Crippen LogP contribution in [-0.2, 0) is 0 Å². The van der Waals surface area contributed by atoms with E-state index in [0.717, 1.165) is 12.8 Å². The molecule has 4 N–H and O–H groups in total. The van der Waals surface area contributed by atoms with E-state index in [0.29, 0.717) is 22.3 Å². The molecule has 0 aliphatic heterocycles. The summed E-state index contributed by atoms with van der Waals surface area (Å²) >= 11 is 11.9. The number of amides is 2. The molecule has 1 aromatic carbocycles. The predicted octanol–water partition coefficient (Wildman–Crippen LogP) is 3.04. The number of nitrogens with zero attached hydrogens (tertiary/aromatic N) is 1. The van der Waals surface area contributed by atoms with Gasteiger partial charge in [-0.05, 0) is 18.6 Å². The maximum Gasteiger partial charge on any atom is 0.321 e. The number of hydrogen-bond acceptors (Lipinski definition) is 2. The summed E-state index contributed by atoms with van der Waals surface area (Å²) in [5, 5.41) is 5.78. The van der Waals surface area contributed by atoms with Crippen LogP contribution in [0.1, 0.15) is 19.8 Å². The maximum atomic E-state index is 11.4. The standard InChI is InChI=1S/C12H16Cl2N4O/c1-2-3-7-16-12(19)18-11(15)17-10-8(13)5-4-6-9(10)14/h4-6H,2-3,7H2,1H3,(H4,15,16,17,18,19). The van der Waals surface area contributed by atoms with Crippen molar-refractivity contribution < 1.29 is 4.79 Å². The van der Waals surface area contributed by atoms with E-state index in [9.17, 15) is 4.79 Å². The lowest BCUT2D eigenvalue weighted by molar-refractivity contribution is 0.245. The first-order chi connectivity index (χ1) is 9.04. The Hall–Kier alpha value is -1.46. The van der Waals surface area contributed by atoms with Gasteiger partial charge in [-0.25, -0.2) is 9.79 Å². The number of nitrogens with two attached hydrogens (primary N) is 1. The molecule has 0 atom stereocenters. The van der Waals surface area contributed by atoms with Crippen LogP contribution in [0.25, 0.3) is 0 Å². The molecule has 0 aliphatic rings. The zero-order valence-electron chi connectivity index (χ0n) is 10.5. The van der Waals surface area contributed by atoms with Crippen LogP contribution >= 0.6 is 23.2 Å². The van der Waals surface area contributed by atoms with Crippen molar-refractivity contribution in [1.29, 1.82) is 0 Å². The summed E-state index contributed by atoms with van der Waals surface area (Å²) in [5.74, 6) is -0.0657. The molecule has 0 aromatic heterocycles. The van der Waals surface area contributed by atoms with Gasteiger partial charge in [0.15, 0.2) is 0 Å². The number of guanidine groups is 1. The maximum absolute atomic E-state index is 11.4. The Morgan fingerprint density at radius 2 is 2.00 bits per heavy atom. The van der Waals surface area contributed by atoms with Crippen LogP contribution in [0.15, 0.2) is 23.2 Å². The SMILES string of the molecule is CCCCNC(=O)NC(N)=Nc1c(Cl)cccc1Cl. The molecular weight excluding hydrogens is 287 g/mol. The van der Waals surface area contributed by atoms with Gasteiger partial charge >= 0.3 is 6.03 Å². The zero-order valence-corrected chi connectivity index (χ0v) is 12.1. The van der Waals surface area contributed by atoms with Crippen molar-refractivity contribution in [3.05, 3.63) is 28.2 Å². The predicted molar refractivity (Wildman–Crippen MR) is 79.2 cm³/mol. The topological polar surface area (TPSA) is 79.5 Å². The number of benzene rings is 1. The second-order valence-corrected chi connectivity index (χ2v) is 4.62. The summed E-state index contributed by atoms with van der Waals surface area (Å²) in [6.45, 7) is 2.62. The number of nitrogens with one attached hydrogen (secondary N) is 2. The molecule has 0 bridgehead atoms. The van der Waals surface area contributed by atoms with Gasteiger partial charge in [-0.3, -0.25) is 5.32 Å². The molecule has 7 heteroatoms. The monoisotopic (exact) mass is 302 g/mol. The average Bonchev–Trinajstić information content (AvgIpc) is 2.34. The van der Waals surface area contributed by atoms with Crippen molar-refractivity contribution in [3.8, 4) is 0 Å². The van der Waals surface area contributed by atoms with Crippen LogP contribution in [0.2, 0.25) is 10.0 Å². The Morgan fingerprint density at radius 1 is 1.37 bits per heavy atom. The summed E-state index contributed by atoms with van der Waals surface area (Å²) in [4.78, 5) is 15.4. The van der Waals surface area contributed by atoms with Gasteiger partial charge in [-0.15, -0.1) is 0 Å². The Balaban J connectivity index is 2.64. The van der Waals surface area contributed by atoms with E-state index < -0.39 is 6.03 Å². The lowest BCUT2D eigenvalue weighted by atomic mass is 10.3. The number of carbonyl (C=O) groups is 1. The molecule has 1 rings (SSSR count). The van der Waals surface area contributed by atoms with Crippen molar-refractivity contribution in [3.63, 3.8) is 0 Å². The first-order valence-electron chi connectivity index (χ1n) is 5.87. The van der Waals surface area contributed by atoms with E-state index in [1.54, 1.807) is 18.2 Å². The number of halogens is 2. The van der Waals surface area contributed by atoms with Crippen molar-refractivity contribution in [2.75, 3.05) is 6.54 Å². The molecular formula is C12H16Cl2N4O. The van der Waals surface area contributed by atoms with Crippen molar-refractivity contribution in [2.45, 2.75) is 19.8 Å². The lowest BCUT2D eigenvalue weighted by Crippen LogP contribution is -2.43. The number of unbranched alkanes of at least 4 members (excludes halogenated alkanes) is 1. The average molecular weight is 303 g/mol. The summed E-state index contributed by atoms with van der Waals surface area (Å²) in [7, 11) is 0. The first kappa shape index (κ1) is 15.6. The van der Waals surface area contributed by atoms with Gasteiger partial charge in [-0.1, -0.05) is 42.6 Å². The van der Waals surface area contributed by atoms with Gasteiger partial charge in [0.1, 0.15) is 5.69 Å². The number of rotatable bonds is 4. The fourth-order valence-corrected chi connectivity index (χ4v) is 1.77. The van der Waals surface area contributed by atoms with E-state index in [2.05, 4.69) is 15.6 Å². The molecule has 104 valence electrons. The largest absolute Gasteiger partial charge is 0.369 e. The number of aliphatic imine (C=N–C) groups is 1. The zero-order chi connectivity index (χ0) is 14.3. The third-order valence-electron chi connectivity index (χ3n) is 2.23. The van der Waals surface area contributed by atoms with Gasteiger partial charge in [0.05, 0.1) is 10.0 Å². The van der Waals surface area contributed by atoms with Gasteiger partial charge in [0, 0.05) is 6.54 Å². The molecule has 19 heavy (non-hydrogen) atoms. The smallest absolute Gasteiger partial charge is 0.321 e. The molecule has 5 nitrogen and oxygen atoms in total. The summed E-state index contributed by atoms with van der Waals surface area (Å²) in [6.07, 6.45) is 1.90. The van der Waals surface area contributed by atoms with Crippen molar-refractivity contribution in [1.82, 2.24) is 10.6 Å².